The summed E-state index contributed by atoms with van der Waals surface area (Å²) in [6.45, 7) is 6.51. The smallest absolute Gasteiger partial charge is 0.239 e. The van der Waals surface area contributed by atoms with Crippen molar-refractivity contribution in [3.05, 3.63) is 46.8 Å². The SMILES string of the molecule is COc1nc(N2CCC(N3CCN(C)CC3)CC2)c(C2CC2)cc1Nc1ncc(Br)c(Nc2ccc3nccnc3c2NS(C)(=O)=O)n1. The number of rotatable bonds is 10. The molecule has 7 rings (SSSR count). The Morgan fingerprint density at radius 2 is 1.67 bits per heavy atom. The quantitative estimate of drug-likeness (QED) is 0.209. The van der Waals surface area contributed by atoms with Gasteiger partial charge in [0, 0.05) is 69.5 Å². The molecule has 16 heteroatoms. The number of sulfonamides is 1. The number of nitrogens with one attached hydrogen (secondary N) is 3. The number of likely N-dealkylation sites (N-methyl/N-ethyl adjacent to an activating group) is 1. The summed E-state index contributed by atoms with van der Waals surface area (Å²) < 4.78 is 33.5. The molecule has 1 saturated carbocycles. The number of pyridine rings is 1. The molecule has 48 heavy (non-hydrogen) atoms. The zero-order valence-corrected chi connectivity index (χ0v) is 29.7. The highest BCUT2D eigenvalue weighted by molar-refractivity contribution is 9.10. The lowest BCUT2D eigenvalue weighted by molar-refractivity contribution is 0.0981. The van der Waals surface area contributed by atoms with Crippen LogP contribution in [-0.2, 0) is 10.0 Å². The monoisotopic (exact) mass is 737 g/mol. The van der Waals surface area contributed by atoms with E-state index in [2.05, 4.69) is 74.1 Å². The molecule has 3 N–H and O–H groups in total. The average molecular weight is 739 g/mol. The molecule has 0 bridgehead atoms. The summed E-state index contributed by atoms with van der Waals surface area (Å²) in [6, 6.07) is 6.26. The Morgan fingerprint density at radius 3 is 2.38 bits per heavy atom. The molecule has 0 unspecified atom stereocenters. The fraction of sp³-hybridized carbons (Fsp3) is 0.469. The number of halogens is 1. The molecule has 1 aliphatic carbocycles. The molecule has 0 atom stereocenters. The van der Waals surface area contributed by atoms with E-state index in [9.17, 15) is 8.42 Å². The molecule has 1 aromatic carbocycles. The molecule has 5 heterocycles. The first kappa shape index (κ1) is 32.7. The van der Waals surface area contributed by atoms with Crippen LogP contribution in [0, 0.1) is 0 Å². The van der Waals surface area contributed by atoms with Crippen LogP contribution in [0.4, 0.5) is 34.6 Å². The van der Waals surface area contributed by atoms with Crippen LogP contribution < -0.4 is 25.0 Å². The van der Waals surface area contributed by atoms with Gasteiger partial charge in [0.1, 0.15) is 22.8 Å². The van der Waals surface area contributed by atoms with Gasteiger partial charge < -0.3 is 25.2 Å². The van der Waals surface area contributed by atoms with Crippen molar-refractivity contribution in [1.29, 1.82) is 0 Å². The maximum absolute atomic E-state index is 12.3. The van der Waals surface area contributed by atoms with Crippen LogP contribution in [0.25, 0.3) is 11.0 Å². The first-order valence-corrected chi connectivity index (χ1v) is 18.9. The van der Waals surface area contributed by atoms with Crippen molar-refractivity contribution in [3.63, 3.8) is 0 Å². The number of aromatic nitrogens is 5. The average Bonchev–Trinajstić information content (AvgIpc) is 3.93. The summed E-state index contributed by atoms with van der Waals surface area (Å²) in [4.78, 5) is 30.5. The van der Waals surface area contributed by atoms with Gasteiger partial charge in [0.25, 0.3) is 0 Å². The first-order valence-electron chi connectivity index (χ1n) is 16.2. The van der Waals surface area contributed by atoms with Crippen molar-refractivity contribution in [2.75, 3.05) is 79.9 Å². The standard InChI is InChI=1S/C32H40BrN11O3S/c1-42-14-16-43(17-15-42)21-8-12-44(13-9-21)30-22(20-4-5-20)18-26(31(40-30)47-2)38-32-36-19-23(33)29(39-32)37-25-7-6-24-27(35-11-10-34-24)28(25)41-48(3,45)46/h6-7,10-11,18-21,41H,4-5,8-9,12-17H2,1-3H3,(H2,36,37,38,39). The first-order chi connectivity index (χ1) is 23.1. The second-order valence-corrected chi connectivity index (χ2v) is 15.3. The van der Waals surface area contributed by atoms with Crippen molar-refractivity contribution in [3.8, 4) is 5.88 Å². The summed E-state index contributed by atoms with van der Waals surface area (Å²) in [5.74, 6) is 2.70. The Labute approximate surface area is 288 Å². The van der Waals surface area contributed by atoms with Gasteiger partial charge >= 0.3 is 0 Å². The molecule has 3 aromatic heterocycles. The van der Waals surface area contributed by atoms with E-state index in [-0.39, 0.29) is 5.69 Å². The zero-order valence-electron chi connectivity index (χ0n) is 27.3. The van der Waals surface area contributed by atoms with Crippen LogP contribution in [0.5, 0.6) is 5.88 Å². The molecular formula is C32H40BrN11O3S. The topological polar surface area (TPSA) is 154 Å². The highest BCUT2D eigenvalue weighted by Gasteiger charge is 2.33. The second kappa shape index (κ2) is 13.6. The van der Waals surface area contributed by atoms with Gasteiger partial charge in [0.05, 0.1) is 34.7 Å². The molecule has 14 nitrogen and oxygen atoms in total. The Balaban J connectivity index is 1.13. The van der Waals surface area contributed by atoms with Gasteiger partial charge in [-0.25, -0.2) is 13.4 Å². The van der Waals surface area contributed by atoms with E-state index in [1.165, 1.54) is 11.8 Å². The van der Waals surface area contributed by atoms with E-state index in [1.54, 1.807) is 31.6 Å². The molecule has 2 saturated heterocycles. The summed E-state index contributed by atoms with van der Waals surface area (Å²) in [7, 11) is 0.210. The number of piperazine rings is 1. The van der Waals surface area contributed by atoms with Gasteiger partial charge in [-0.15, -0.1) is 0 Å². The second-order valence-electron chi connectivity index (χ2n) is 12.7. The van der Waals surface area contributed by atoms with Gasteiger partial charge in [0.2, 0.25) is 21.9 Å². The third-order valence-corrected chi connectivity index (χ3v) is 10.4. The summed E-state index contributed by atoms with van der Waals surface area (Å²) in [6.07, 6.45) is 10.3. The number of hydrogen-bond donors (Lipinski definition) is 3. The van der Waals surface area contributed by atoms with Crippen LogP contribution >= 0.6 is 15.9 Å². The van der Waals surface area contributed by atoms with Gasteiger partial charge in [-0.2, -0.15) is 9.97 Å². The van der Waals surface area contributed by atoms with Crippen molar-refractivity contribution in [1.82, 2.24) is 34.7 Å². The van der Waals surface area contributed by atoms with Gasteiger partial charge in [-0.05, 0) is 72.8 Å². The Bertz CT molecular complexity index is 1910. The van der Waals surface area contributed by atoms with E-state index in [1.807, 2.05) is 0 Å². The summed E-state index contributed by atoms with van der Waals surface area (Å²) in [5, 5.41) is 6.57. The molecular weight excluding hydrogens is 698 g/mol. The van der Waals surface area contributed by atoms with Crippen molar-refractivity contribution in [2.24, 2.45) is 0 Å². The maximum Gasteiger partial charge on any atom is 0.239 e. The molecule has 0 amide bonds. The minimum Gasteiger partial charge on any atom is -0.479 e. The van der Waals surface area contributed by atoms with Crippen LogP contribution in [0.15, 0.2) is 41.3 Å². The van der Waals surface area contributed by atoms with E-state index in [4.69, 9.17) is 14.7 Å². The van der Waals surface area contributed by atoms with Crippen LogP contribution in [0.2, 0.25) is 0 Å². The minimum atomic E-state index is -3.62. The van der Waals surface area contributed by atoms with Crippen molar-refractivity contribution in [2.45, 2.75) is 37.6 Å². The van der Waals surface area contributed by atoms with Crippen LogP contribution in [-0.4, -0.2) is 109 Å². The molecule has 0 spiro atoms. The summed E-state index contributed by atoms with van der Waals surface area (Å²) in [5.41, 5.74) is 3.58. The highest BCUT2D eigenvalue weighted by atomic mass is 79.9. The molecule has 3 aliphatic rings. The summed E-state index contributed by atoms with van der Waals surface area (Å²) >= 11 is 3.53. The predicted octanol–water partition coefficient (Wildman–Crippen LogP) is 4.54. The Kier molecular flexibility index (Phi) is 9.24. The number of hydrogen-bond acceptors (Lipinski definition) is 13. The maximum atomic E-state index is 12.3. The van der Waals surface area contributed by atoms with E-state index in [0.29, 0.717) is 56.5 Å². The lowest BCUT2D eigenvalue weighted by atomic mass is 10.0. The molecule has 3 fully saturated rings. The number of anilines is 6. The minimum absolute atomic E-state index is 0.270. The lowest BCUT2D eigenvalue weighted by Gasteiger charge is -2.42. The number of fused-ring (bicyclic) bond motifs is 1. The van der Waals surface area contributed by atoms with E-state index >= 15 is 0 Å². The van der Waals surface area contributed by atoms with Crippen molar-refractivity contribution >= 4 is 71.6 Å². The van der Waals surface area contributed by atoms with Crippen molar-refractivity contribution < 1.29 is 13.2 Å². The largest absolute Gasteiger partial charge is 0.479 e. The molecule has 254 valence electrons. The number of benzene rings is 1. The fourth-order valence-corrected chi connectivity index (χ4v) is 7.39. The van der Waals surface area contributed by atoms with Gasteiger partial charge in [0.15, 0.2) is 0 Å². The highest BCUT2D eigenvalue weighted by Crippen LogP contribution is 2.47. The number of methoxy groups -OCH3 is 1. The molecule has 0 radical (unpaired) electrons. The lowest BCUT2D eigenvalue weighted by Crippen LogP contribution is -2.52. The van der Waals surface area contributed by atoms with Gasteiger partial charge in [-0.3, -0.25) is 19.6 Å². The van der Waals surface area contributed by atoms with E-state index in [0.717, 1.165) is 77.0 Å². The predicted molar refractivity (Wildman–Crippen MR) is 191 cm³/mol. The number of nitrogens with zero attached hydrogens (tertiary/aromatic N) is 8. The molecule has 2 aliphatic heterocycles. The van der Waals surface area contributed by atoms with E-state index < -0.39 is 10.0 Å². The van der Waals surface area contributed by atoms with Gasteiger partial charge in [-0.1, -0.05) is 0 Å². The normalized spacial score (nSPS) is 18.2. The third-order valence-electron chi connectivity index (χ3n) is 9.20. The van der Waals surface area contributed by atoms with Crippen LogP contribution in [0.3, 0.4) is 0 Å². The Hall–Kier alpha value is -3.86. The number of piperidine rings is 1. The van der Waals surface area contributed by atoms with Crippen LogP contribution in [0.1, 0.15) is 37.2 Å². The Morgan fingerprint density at radius 1 is 0.917 bits per heavy atom. The third kappa shape index (κ3) is 7.26. The number of ether oxygens (including phenoxy) is 1. The fourth-order valence-electron chi connectivity index (χ4n) is 6.52. The molecule has 4 aromatic rings. The zero-order chi connectivity index (χ0) is 33.4.